The van der Waals surface area contributed by atoms with Crippen LogP contribution in [0, 0.1) is 23.4 Å². The zero-order valence-corrected chi connectivity index (χ0v) is 19.2. The molecule has 1 N–H and O–H groups in total. The fourth-order valence-corrected chi connectivity index (χ4v) is 3.69. The van der Waals surface area contributed by atoms with E-state index in [2.05, 4.69) is 15.5 Å². The fourth-order valence-electron chi connectivity index (χ4n) is 2.65. The molecular formula is C20H17FIN3O4S. The Morgan fingerprint density at radius 2 is 1.87 bits per heavy atom. The lowest BCUT2D eigenvalue weighted by Crippen LogP contribution is -2.17. The summed E-state index contributed by atoms with van der Waals surface area (Å²) in [7, 11) is -3.43. The van der Waals surface area contributed by atoms with Crippen LogP contribution in [0.25, 0.3) is 0 Å². The maximum atomic E-state index is 13.4. The van der Waals surface area contributed by atoms with Gasteiger partial charge in [0.25, 0.3) is 11.8 Å². The first-order valence-electron chi connectivity index (χ1n) is 8.64. The van der Waals surface area contributed by atoms with E-state index in [0.29, 0.717) is 26.3 Å². The van der Waals surface area contributed by atoms with Gasteiger partial charge in [-0.2, -0.15) is 0 Å². The Balaban J connectivity index is 1.98. The molecule has 0 aliphatic rings. The predicted octanol–water partition coefficient (Wildman–Crippen LogP) is 4.29. The van der Waals surface area contributed by atoms with E-state index in [-0.39, 0.29) is 16.3 Å². The highest BCUT2D eigenvalue weighted by Gasteiger charge is 2.22. The average molecular weight is 541 g/mol. The van der Waals surface area contributed by atoms with Crippen LogP contribution in [0.1, 0.15) is 21.5 Å². The second-order valence-electron chi connectivity index (χ2n) is 6.56. The van der Waals surface area contributed by atoms with Crippen molar-refractivity contribution in [3.63, 3.8) is 0 Å². The summed E-state index contributed by atoms with van der Waals surface area (Å²) in [6.45, 7) is 3.37. The number of sulfone groups is 1. The summed E-state index contributed by atoms with van der Waals surface area (Å²) in [4.78, 5) is 13.1. The second-order valence-corrected chi connectivity index (χ2v) is 9.60. The van der Waals surface area contributed by atoms with Gasteiger partial charge in [-0.05, 0) is 78.4 Å². The summed E-state index contributed by atoms with van der Waals surface area (Å²) in [6.07, 6.45) is 1.09. The Bertz CT molecular complexity index is 1250. The van der Waals surface area contributed by atoms with Crippen LogP contribution in [0.4, 0.5) is 10.1 Å². The Morgan fingerprint density at radius 3 is 2.53 bits per heavy atom. The standard InChI is InChI=1S/C20H17FIN3O4S/c1-11-9-13(21)7-8-16(11)29-20-17(12(2)18(22)24-25-20)19(26)23-14-5-4-6-15(10-14)30(3,27)28/h4-10H,1-3H3,(H,23,26). The summed E-state index contributed by atoms with van der Waals surface area (Å²) in [5.41, 5.74) is 1.51. The highest BCUT2D eigenvalue weighted by atomic mass is 127. The third-order valence-corrected chi connectivity index (χ3v) is 6.35. The van der Waals surface area contributed by atoms with Crippen molar-refractivity contribution in [1.82, 2.24) is 10.2 Å². The molecule has 0 saturated carbocycles. The van der Waals surface area contributed by atoms with Crippen LogP contribution in [-0.2, 0) is 9.84 Å². The maximum Gasteiger partial charge on any atom is 0.261 e. The molecular weight excluding hydrogens is 524 g/mol. The lowest BCUT2D eigenvalue weighted by Gasteiger charge is -2.14. The number of amides is 1. The molecule has 1 aromatic heterocycles. The van der Waals surface area contributed by atoms with Crippen molar-refractivity contribution in [2.45, 2.75) is 18.7 Å². The minimum absolute atomic E-state index is 0.0422. The number of nitrogens with one attached hydrogen (secondary N) is 1. The molecule has 30 heavy (non-hydrogen) atoms. The maximum absolute atomic E-state index is 13.4. The average Bonchev–Trinajstić information content (AvgIpc) is 2.66. The third-order valence-electron chi connectivity index (χ3n) is 4.22. The number of benzene rings is 2. The predicted molar refractivity (Wildman–Crippen MR) is 118 cm³/mol. The Labute approximate surface area is 186 Å². The molecule has 0 fully saturated rings. The normalized spacial score (nSPS) is 11.2. The SMILES string of the molecule is Cc1cc(F)ccc1Oc1nnc(I)c(C)c1C(=O)Nc1cccc(S(C)(=O)=O)c1. The fraction of sp³-hybridized carbons (Fsp3) is 0.150. The summed E-state index contributed by atoms with van der Waals surface area (Å²) < 4.78 is 43.2. The van der Waals surface area contributed by atoms with E-state index in [1.54, 1.807) is 19.9 Å². The summed E-state index contributed by atoms with van der Waals surface area (Å²) in [5.74, 6) is -0.659. The molecule has 10 heteroatoms. The molecule has 3 aromatic rings. The Hall–Kier alpha value is -2.60. The Kier molecular flexibility index (Phi) is 6.36. The van der Waals surface area contributed by atoms with Gasteiger partial charge in [-0.15, -0.1) is 10.2 Å². The number of ether oxygens (including phenoxy) is 1. The molecule has 2 aromatic carbocycles. The molecule has 0 atom stereocenters. The van der Waals surface area contributed by atoms with Gasteiger partial charge in [-0.1, -0.05) is 6.07 Å². The van der Waals surface area contributed by atoms with E-state index in [1.165, 1.54) is 36.4 Å². The monoisotopic (exact) mass is 541 g/mol. The molecule has 0 aliphatic heterocycles. The van der Waals surface area contributed by atoms with Crippen molar-refractivity contribution in [2.75, 3.05) is 11.6 Å². The Morgan fingerprint density at radius 1 is 1.13 bits per heavy atom. The zero-order valence-electron chi connectivity index (χ0n) is 16.2. The van der Waals surface area contributed by atoms with Crippen molar-refractivity contribution in [2.24, 2.45) is 0 Å². The van der Waals surface area contributed by atoms with Gasteiger partial charge in [-0.3, -0.25) is 4.79 Å². The lowest BCUT2D eigenvalue weighted by atomic mass is 10.1. The quantitative estimate of drug-likeness (QED) is 0.485. The number of carbonyl (C=O) groups is 1. The molecule has 0 aliphatic carbocycles. The molecule has 0 unspecified atom stereocenters. The minimum Gasteiger partial charge on any atom is -0.437 e. The number of hydrogen-bond donors (Lipinski definition) is 1. The molecule has 3 rings (SSSR count). The molecule has 0 spiro atoms. The van der Waals surface area contributed by atoms with Crippen molar-refractivity contribution >= 4 is 44.0 Å². The van der Waals surface area contributed by atoms with E-state index >= 15 is 0 Å². The number of aryl methyl sites for hydroxylation is 1. The van der Waals surface area contributed by atoms with Gasteiger partial charge in [0.05, 0.1) is 4.90 Å². The molecule has 156 valence electrons. The van der Waals surface area contributed by atoms with E-state index in [9.17, 15) is 17.6 Å². The summed E-state index contributed by atoms with van der Waals surface area (Å²) in [6, 6.07) is 9.91. The smallest absolute Gasteiger partial charge is 0.261 e. The largest absolute Gasteiger partial charge is 0.437 e. The van der Waals surface area contributed by atoms with Crippen LogP contribution in [0.2, 0.25) is 0 Å². The van der Waals surface area contributed by atoms with E-state index in [4.69, 9.17) is 4.74 Å². The highest BCUT2D eigenvalue weighted by Crippen LogP contribution is 2.30. The minimum atomic E-state index is -3.43. The number of carbonyl (C=O) groups excluding carboxylic acids is 1. The van der Waals surface area contributed by atoms with Gasteiger partial charge in [0.1, 0.15) is 20.8 Å². The molecule has 0 saturated heterocycles. The van der Waals surface area contributed by atoms with Crippen LogP contribution < -0.4 is 10.1 Å². The van der Waals surface area contributed by atoms with Crippen LogP contribution >= 0.6 is 22.6 Å². The first-order valence-corrected chi connectivity index (χ1v) is 11.6. The second kappa shape index (κ2) is 8.64. The van der Waals surface area contributed by atoms with Gasteiger partial charge in [0, 0.05) is 17.5 Å². The number of anilines is 1. The van der Waals surface area contributed by atoms with E-state index < -0.39 is 21.6 Å². The number of halogens is 2. The first kappa shape index (κ1) is 22.1. The molecule has 7 nitrogen and oxygen atoms in total. The van der Waals surface area contributed by atoms with E-state index in [0.717, 1.165) is 6.26 Å². The molecule has 1 amide bonds. The van der Waals surface area contributed by atoms with Crippen molar-refractivity contribution in [3.05, 3.63) is 68.7 Å². The first-order chi connectivity index (χ1) is 14.1. The molecule has 1 heterocycles. The molecule has 0 bridgehead atoms. The topological polar surface area (TPSA) is 98.2 Å². The van der Waals surface area contributed by atoms with Gasteiger partial charge < -0.3 is 10.1 Å². The van der Waals surface area contributed by atoms with Crippen molar-refractivity contribution in [1.29, 1.82) is 0 Å². The van der Waals surface area contributed by atoms with Crippen LogP contribution in [0.5, 0.6) is 11.6 Å². The zero-order chi connectivity index (χ0) is 22.1. The van der Waals surface area contributed by atoms with Gasteiger partial charge in [0.15, 0.2) is 9.84 Å². The lowest BCUT2D eigenvalue weighted by molar-refractivity contribution is 0.102. The van der Waals surface area contributed by atoms with Crippen LogP contribution in [0.15, 0.2) is 47.4 Å². The number of nitrogens with zero attached hydrogens (tertiary/aromatic N) is 2. The number of aromatic nitrogens is 2. The van der Waals surface area contributed by atoms with Gasteiger partial charge in [-0.25, -0.2) is 12.8 Å². The summed E-state index contributed by atoms with van der Waals surface area (Å²) in [5, 5.41) is 10.7. The van der Waals surface area contributed by atoms with Gasteiger partial charge >= 0.3 is 0 Å². The third kappa shape index (κ3) is 4.93. The van der Waals surface area contributed by atoms with E-state index in [1.807, 2.05) is 22.6 Å². The number of rotatable bonds is 5. The van der Waals surface area contributed by atoms with Crippen LogP contribution in [0.3, 0.4) is 0 Å². The van der Waals surface area contributed by atoms with Crippen molar-refractivity contribution in [3.8, 4) is 11.6 Å². The molecule has 0 radical (unpaired) electrons. The van der Waals surface area contributed by atoms with Crippen molar-refractivity contribution < 1.29 is 22.3 Å². The summed E-state index contributed by atoms with van der Waals surface area (Å²) >= 11 is 1.95. The van der Waals surface area contributed by atoms with Gasteiger partial charge in [0.2, 0.25) is 0 Å². The number of hydrogen-bond acceptors (Lipinski definition) is 6. The highest BCUT2D eigenvalue weighted by molar-refractivity contribution is 14.1. The van der Waals surface area contributed by atoms with Crippen LogP contribution in [-0.4, -0.2) is 30.8 Å².